The summed E-state index contributed by atoms with van der Waals surface area (Å²) in [6, 6.07) is 5.77. The molecule has 15 heavy (non-hydrogen) atoms. The minimum atomic E-state index is 0.538. The standard InChI is InChI=1S/C11H12Cl3N/c12-10-5-9(6-11(13)7-10)8-1-3-15(14)4-2-8/h5-8H,1-4H2. The van der Waals surface area contributed by atoms with Crippen LogP contribution in [0.2, 0.25) is 10.0 Å². The van der Waals surface area contributed by atoms with E-state index in [0.29, 0.717) is 16.0 Å². The number of piperidine rings is 1. The van der Waals surface area contributed by atoms with Gasteiger partial charge in [0.2, 0.25) is 0 Å². The largest absolute Gasteiger partial charge is 0.220 e. The van der Waals surface area contributed by atoms with Gasteiger partial charge in [-0.3, -0.25) is 0 Å². The average Bonchev–Trinajstić information content (AvgIpc) is 2.17. The number of hydrogen-bond donors (Lipinski definition) is 0. The molecule has 0 unspecified atom stereocenters. The Hall–Kier alpha value is 0.0500. The first-order valence-corrected chi connectivity index (χ1v) is 6.11. The van der Waals surface area contributed by atoms with Crippen molar-refractivity contribution in [1.82, 2.24) is 4.42 Å². The van der Waals surface area contributed by atoms with Crippen LogP contribution in [-0.4, -0.2) is 17.5 Å². The summed E-state index contributed by atoms with van der Waals surface area (Å²) < 4.78 is 1.84. The minimum Gasteiger partial charge on any atom is -0.220 e. The zero-order valence-electron chi connectivity index (χ0n) is 8.22. The van der Waals surface area contributed by atoms with Crippen molar-refractivity contribution in [2.75, 3.05) is 13.1 Å². The van der Waals surface area contributed by atoms with Crippen LogP contribution in [0.5, 0.6) is 0 Å². The van der Waals surface area contributed by atoms with Gasteiger partial charge in [-0.2, -0.15) is 0 Å². The van der Waals surface area contributed by atoms with Crippen molar-refractivity contribution in [2.45, 2.75) is 18.8 Å². The Morgan fingerprint density at radius 3 is 2.07 bits per heavy atom. The SMILES string of the molecule is Clc1cc(Cl)cc(C2CCN(Cl)CC2)c1. The molecular formula is C11H12Cl3N. The Labute approximate surface area is 105 Å². The summed E-state index contributed by atoms with van der Waals surface area (Å²) in [6.45, 7) is 1.85. The number of hydrogen-bond acceptors (Lipinski definition) is 1. The van der Waals surface area contributed by atoms with Crippen molar-refractivity contribution in [3.63, 3.8) is 0 Å². The van der Waals surface area contributed by atoms with Gasteiger partial charge >= 0.3 is 0 Å². The van der Waals surface area contributed by atoms with Crippen LogP contribution < -0.4 is 0 Å². The Balaban J connectivity index is 2.15. The molecule has 1 aliphatic heterocycles. The van der Waals surface area contributed by atoms with Crippen LogP contribution in [0.1, 0.15) is 24.3 Å². The van der Waals surface area contributed by atoms with E-state index in [9.17, 15) is 0 Å². The maximum absolute atomic E-state index is 5.98. The second-order valence-corrected chi connectivity index (χ2v) is 5.24. The maximum Gasteiger partial charge on any atom is 0.0423 e. The zero-order chi connectivity index (χ0) is 10.8. The molecule has 0 spiro atoms. The van der Waals surface area contributed by atoms with E-state index in [1.807, 2.05) is 16.6 Å². The van der Waals surface area contributed by atoms with Gasteiger partial charge in [0.15, 0.2) is 0 Å². The third-order valence-corrected chi connectivity index (χ3v) is 3.57. The van der Waals surface area contributed by atoms with Crippen LogP contribution in [0.25, 0.3) is 0 Å². The fraction of sp³-hybridized carbons (Fsp3) is 0.455. The molecule has 4 heteroatoms. The van der Waals surface area contributed by atoms with E-state index in [-0.39, 0.29) is 0 Å². The highest BCUT2D eigenvalue weighted by Gasteiger charge is 2.19. The van der Waals surface area contributed by atoms with E-state index in [2.05, 4.69) is 0 Å². The molecule has 1 aromatic carbocycles. The van der Waals surface area contributed by atoms with Gasteiger partial charge in [-0.05, 0) is 54.3 Å². The van der Waals surface area contributed by atoms with Crippen LogP contribution in [-0.2, 0) is 0 Å². The molecule has 2 rings (SSSR count). The Morgan fingerprint density at radius 1 is 1.00 bits per heavy atom. The molecule has 0 aliphatic carbocycles. The Bertz CT molecular complexity index is 325. The summed E-state index contributed by atoms with van der Waals surface area (Å²) in [4.78, 5) is 0. The molecule has 1 heterocycles. The lowest BCUT2D eigenvalue weighted by atomic mass is 9.90. The van der Waals surface area contributed by atoms with E-state index < -0.39 is 0 Å². The normalized spacial score (nSPS) is 19.4. The third-order valence-electron chi connectivity index (χ3n) is 2.80. The first-order chi connectivity index (χ1) is 7.15. The summed E-state index contributed by atoms with van der Waals surface area (Å²) in [5.74, 6) is 0.538. The Morgan fingerprint density at radius 2 is 1.53 bits per heavy atom. The van der Waals surface area contributed by atoms with E-state index in [1.165, 1.54) is 5.56 Å². The molecule has 0 N–H and O–H groups in total. The van der Waals surface area contributed by atoms with Gasteiger partial charge in [0, 0.05) is 23.1 Å². The van der Waals surface area contributed by atoms with Crippen molar-refractivity contribution in [2.24, 2.45) is 0 Å². The minimum absolute atomic E-state index is 0.538. The van der Waals surface area contributed by atoms with Gasteiger partial charge < -0.3 is 0 Å². The molecule has 1 fully saturated rings. The van der Waals surface area contributed by atoms with E-state index in [4.69, 9.17) is 35.0 Å². The van der Waals surface area contributed by atoms with Gasteiger partial charge in [-0.25, -0.2) is 4.42 Å². The molecule has 0 radical (unpaired) electrons. The van der Waals surface area contributed by atoms with Crippen LogP contribution in [0.3, 0.4) is 0 Å². The molecule has 1 aromatic rings. The quantitative estimate of drug-likeness (QED) is 0.683. The van der Waals surface area contributed by atoms with Crippen LogP contribution in [0.4, 0.5) is 0 Å². The molecule has 0 amide bonds. The van der Waals surface area contributed by atoms with Gasteiger partial charge in [-0.15, -0.1) is 0 Å². The monoisotopic (exact) mass is 263 g/mol. The number of halogens is 3. The van der Waals surface area contributed by atoms with E-state index in [0.717, 1.165) is 25.9 Å². The third kappa shape index (κ3) is 3.01. The molecule has 1 nitrogen and oxygen atoms in total. The highest BCUT2D eigenvalue weighted by molar-refractivity contribution is 6.34. The van der Waals surface area contributed by atoms with Crippen LogP contribution >= 0.6 is 35.0 Å². The fourth-order valence-electron chi connectivity index (χ4n) is 1.99. The van der Waals surface area contributed by atoms with Gasteiger partial charge in [0.25, 0.3) is 0 Å². The maximum atomic E-state index is 5.98. The summed E-state index contributed by atoms with van der Waals surface area (Å²) >= 11 is 17.9. The molecular weight excluding hydrogens is 252 g/mol. The lowest BCUT2D eigenvalue weighted by Gasteiger charge is -2.27. The molecule has 0 aromatic heterocycles. The smallest absolute Gasteiger partial charge is 0.0423 e. The van der Waals surface area contributed by atoms with Crippen LogP contribution in [0.15, 0.2) is 18.2 Å². The predicted octanol–water partition coefficient (Wildman–Crippen LogP) is 4.33. The highest BCUT2D eigenvalue weighted by Crippen LogP contribution is 2.32. The molecule has 0 saturated carbocycles. The number of rotatable bonds is 1. The van der Waals surface area contributed by atoms with Crippen molar-refractivity contribution in [1.29, 1.82) is 0 Å². The van der Waals surface area contributed by atoms with E-state index in [1.54, 1.807) is 6.07 Å². The lowest BCUT2D eigenvalue weighted by molar-refractivity contribution is 0.336. The predicted molar refractivity (Wildman–Crippen MR) is 65.9 cm³/mol. The topological polar surface area (TPSA) is 3.24 Å². The van der Waals surface area contributed by atoms with Gasteiger partial charge in [0.1, 0.15) is 0 Å². The van der Waals surface area contributed by atoms with Crippen molar-refractivity contribution in [3.8, 4) is 0 Å². The zero-order valence-corrected chi connectivity index (χ0v) is 10.5. The number of benzene rings is 1. The highest BCUT2D eigenvalue weighted by atomic mass is 35.5. The van der Waals surface area contributed by atoms with E-state index >= 15 is 0 Å². The first-order valence-electron chi connectivity index (χ1n) is 5.02. The van der Waals surface area contributed by atoms with Crippen LogP contribution in [0, 0.1) is 0 Å². The molecule has 1 aliphatic rings. The van der Waals surface area contributed by atoms with Crippen molar-refractivity contribution < 1.29 is 0 Å². The first kappa shape index (κ1) is 11.5. The summed E-state index contributed by atoms with van der Waals surface area (Å²) in [5.41, 5.74) is 1.23. The van der Waals surface area contributed by atoms with Crippen molar-refractivity contribution >= 4 is 35.0 Å². The lowest BCUT2D eigenvalue weighted by Crippen LogP contribution is -2.25. The molecule has 82 valence electrons. The molecule has 1 saturated heterocycles. The number of nitrogens with zero attached hydrogens (tertiary/aromatic N) is 1. The molecule has 0 bridgehead atoms. The molecule has 0 atom stereocenters. The summed E-state index contributed by atoms with van der Waals surface area (Å²) in [7, 11) is 0. The Kier molecular flexibility index (Phi) is 3.78. The summed E-state index contributed by atoms with van der Waals surface area (Å²) in [6.07, 6.45) is 2.14. The van der Waals surface area contributed by atoms with Gasteiger partial charge in [-0.1, -0.05) is 23.2 Å². The fourth-order valence-corrected chi connectivity index (χ4v) is 2.73. The van der Waals surface area contributed by atoms with Crippen molar-refractivity contribution in [3.05, 3.63) is 33.8 Å². The second kappa shape index (κ2) is 4.92. The average molecular weight is 265 g/mol. The van der Waals surface area contributed by atoms with Gasteiger partial charge in [0.05, 0.1) is 0 Å². The second-order valence-electron chi connectivity index (χ2n) is 3.89. The summed E-state index contributed by atoms with van der Waals surface area (Å²) in [5, 5.41) is 1.43.